The first-order valence-corrected chi connectivity index (χ1v) is 9.44. The highest BCUT2D eigenvalue weighted by Gasteiger charge is 2.18. The SMILES string of the molecule is OCCCCCCSc1nonc1/C(=N\O)Nc1ccc(F)c(Br)c1. The van der Waals surface area contributed by atoms with Crippen LogP contribution in [0, 0.1) is 5.82 Å². The number of hydrogen-bond donors (Lipinski definition) is 3. The van der Waals surface area contributed by atoms with E-state index >= 15 is 0 Å². The van der Waals surface area contributed by atoms with Gasteiger partial charge in [-0.05, 0) is 63.0 Å². The molecule has 0 radical (unpaired) electrons. The molecule has 1 aromatic heterocycles. The van der Waals surface area contributed by atoms with Gasteiger partial charge in [0.05, 0.1) is 4.47 Å². The summed E-state index contributed by atoms with van der Waals surface area (Å²) in [4.78, 5) is 0. The minimum absolute atomic E-state index is 0.0579. The summed E-state index contributed by atoms with van der Waals surface area (Å²) in [5.74, 6) is 0.462. The number of nitrogens with zero attached hydrogens (tertiary/aromatic N) is 3. The van der Waals surface area contributed by atoms with Crippen molar-refractivity contribution in [2.75, 3.05) is 17.7 Å². The third kappa shape index (κ3) is 5.98. The van der Waals surface area contributed by atoms with Crippen LogP contribution >= 0.6 is 27.7 Å². The number of benzene rings is 1. The van der Waals surface area contributed by atoms with Crippen LogP contribution in [0.15, 0.2) is 37.5 Å². The molecule has 3 N–H and O–H groups in total. The molecule has 10 heteroatoms. The molecule has 0 aliphatic heterocycles. The average molecular weight is 433 g/mol. The molecule has 7 nitrogen and oxygen atoms in total. The van der Waals surface area contributed by atoms with E-state index in [2.05, 4.69) is 36.7 Å². The van der Waals surface area contributed by atoms with E-state index in [0.717, 1.165) is 31.4 Å². The molecule has 1 aromatic carbocycles. The summed E-state index contributed by atoms with van der Waals surface area (Å²) < 4.78 is 18.3. The Kier molecular flexibility index (Phi) is 8.16. The summed E-state index contributed by atoms with van der Waals surface area (Å²) in [5, 5.41) is 32.2. The van der Waals surface area contributed by atoms with Crippen molar-refractivity contribution in [3.8, 4) is 0 Å². The minimum atomic E-state index is -0.395. The van der Waals surface area contributed by atoms with Gasteiger partial charge in [-0.25, -0.2) is 9.02 Å². The molecule has 0 spiro atoms. The molecule has 136 valence electrons. The first-order chi connectivity index (χ1) is 12.2. The Labute approximate surface area is 156 Å². The first-order valence-electron chi connectivity index (χ1n) is 7.66. The second-order valence-corrected chi connectivity index (χ2v) is 7.04. The standard InChI is InChI=1S/C15H18BrFN4O3S/c16-11-9-10(5-6-12(11)17)18-14(19-23)13-15(21-24-20-13)25-8-4-2-1-3-7-22/h5-6,9,22-23H,1-4,7-8H2,(H,18,19). The molecule has 2 aromatic rings. The largest absolute Gasteiger partial charge is 0.409 e. The maximum Gasteiger partial charge on any atom is 0.202 e. The Morgan fingerprint density at radius 3 is 2.80 bits per heavy atom. The highest BCUT2D eigenvalue weighted by Crippen LogP contribution is 2.24. The molecule has 0 aliphatic carbocycles. The number of thioether (sulfide) groups is 1. The molecule has 0 amide bonds. The zero-order chi connectivity index (χ0) is 18.1. The van der Waals surface area contributed by atoms with Gasteiger partial charge >= 0.3 is 0 Å². The van der Waals surface area contributed by atoms with Crippen LogP contribution in [0.3, 0.4) is 0 Å². The van der Waals surface area contributed by atoms with E-state index in [-0.39, 0.29) is 22.6 Å². The van der Waals surface area contributed by atoms with Crippen molar-refractivity contribution in [3.05, 3.63) is 34.2 Å². The van der Waals surface area contributed by atoms with E-state index in [1.54, 1.807) is 0 Å². The highest BCUT2D eigenvalue weighted by atomic mass is 79.9. The number of oxime groups is 1. The summed E-state index contributed by atoms with van der Waals surface area (Å²) in [5.41, 5.74) is 0.798. The lowest BCUT2D eigenvalue weighted by Crippen LogP contribution is -2.15. The van der Waals surface area contributed by atoms with Crippen LogP contribution < -0.4 is 5.32 Å². The number of hydrogen-bond acceptors (Lipinski definition) is 7. The third-order valence-corrected chi connectivity index (χ3v) is 4.90. The van der Waals surface area contributed by atoms with Gasteiger partial charge in [0.25, 0.3) is 0 Å². The summed E-state index contributed by atoms with van der Waals surface area (Å²) in [6, 6.07) is 4.30. The van der Waals surface area contributed by atoms with Crippen molar-refractivity contribution >= 4 is 39.2 Å². The van der Waals surface area contributed by atoms with Crippen LogP contribution in [0.4, 0.5) is 10.1 Å². The average Bonchev–Trinajstić information content (AvgIpc) is 3.07. The maximum atomic E-state index is 13.3. The molecule has 1 heterocycles. The molecule has 0 fully saturated rings. The van der Waals surface area contributed by atoms with Crippen LogP contribution in [0.1, 0.15) is 31.4 Å². The van der Waals surface area contributed by atoms with E-state index in [4.69, 9.17) is 9.74 Å². The molecule has 25 heavy (non-hydrogen) atoms. The highest BCUT2D eigenvalue weighted by molar-refractivity contribution is 9.10. The summed E-state index contributed by atoms with van der Waals surface area (Å²) >= 11 is 4.54. The van der Waals surface area contributed by atoms with Gasteiger partial charge in [0.15, 0.2) is 10.7 Å². The lowest BCUT2D eigenvalue weighted by atomic mass is 10.2. The minimum Gasteiger partial charge on any atom is -0.409 e. The zero-order valence-corrected chi connectivity index (χ0v) is 15.7. The predicted octanol–water partition coefficient (Wildman–Crippen LogP) is 3.86. The lowest BCUT2D eigenvalue weighted by molar-refractivity contribution is 0.283. The zero-order valence-electron chi connectivity index (χ0n) is 13.3. The number of aliphatic hydroxyl groups is 1. The molecule has 0 saturated carbocycles. The fourth-order valence-electron chi connectivity index (χ4n) is 2.00. The van der Waals surface area contributed by atoms with Crippen molar-refractivity contribution in [1.29, 1.82) is 0 Å². The van der Waals surface area contributed by atoms with Crippen molar-refractivity contribution in [2.45, 2.75) is 30.7 Å². The Balaban J connectivity index is 1.97. The van der Waals surface area contributed by atoms with Gasteiger partial charge < -0.3 is 15.6 Å². The molecule has 0 aliphatic rings. The molecule has 0 bridgehead atoms. The molecule has 2 rings (SSSR count). The number of anilines is 1. The predicted molar refractivity (Wildman–Crippen MR) is 96.6 cm³/mol. The van der Waals surface area contributed by atoms with Crippen LogP contribution in [0.25, 0.3) is 0 Å². The molecular formula is C15H18BrFN4O3S. The van der Waals surface area contributed by atoms with Crippen LogP contribution in [-0.4, -0.2) is 38.8 Å². The number of aliphatic hydroxyl groups excluding tert-OH is 1. The van der Waals surface area contributed by atoms with E-state index < -0.39 is 5.82 Å². The maximum absolute atomic E-state index is 13.3. The van der Waals surface area contributed by atoms with Gasteiger partial charge in [-0.2, -0.15) is 0 Å². The number of nitrogens with one attached hydrogen (secondary N) is 1. The number of amidine groups is 1. The van der Waals surface area contributed by atoms with Gasteiger partial charge in [0.1, 0.15) is 5.82 Å². The second kappa shape index (κ2) is 10.4. The van der Waals surface area contributed by atoms with Crippen molar-refractivity contribution in [3.63, 3.8) is 0 Å². The van der Waals surface area contributed by atoms with E-state index in [0.29, 0.717) is 10.7 Å². The third-order valence-electron chi connectivity index (χ3n) is 3.26. The van der Waals surface area contributed by atoms with Gasteiger partial charge in [0.2, 0.25) is 5.84 Å². The van der Waals surface area contributed by atoms with E-state index in [1.807, 2.05) is 0 Å². The number of aromatic nitrogens is 2. The molecular weight excluding hydrogens is 415 g/mol. The van der Waals surface area contributed by atoms with Gasteiger partial charge in [0, 0.05) is 12.3 Å². The quantitative estimate of drug-likeness (QED) is 0.138. The second-order valence-electron chi connectivity index (χ2n) is 5.11. The van der Waals surface area contributed by atoms with Gasteiger partial charge in [-0.15, -0.1) is 11.8 Å². The molecule has 0 unspecified atom stereocenters. The van der Waals surface area contributed by atoms with Crippen LogP contribution in [0.5, 0.6) is 0 Å². The topological polar surface area (TPSA) is 104 Å². The van der Waals surface area contributed by atoms with Crippen LogP contribution in [0.2, 0.25) is 0 Å². The van der Waals surface area contributed by atoms with Crippen molar-refractivity contribution in [1.82, 2.24) is 10.3 Å². The summed E-state index contributed by atoms with van der Waals surface area (Å²) in [6.07, 6.45) is 3.75. The first kappa shape index (κ1) is 19.7. The van der Waals surface area contributed by atoms with E-state index in [1.165, 1.54) is 30.0 Å². The van der Waals surface area contributed by atoms with Crippen LogP contribution in [-0.2, 0) is 0 Å². The summed E-state index contributed by atoms with van der Waals surface area (Å²) in [6.45, 7) is 0.214. The van der Waals surface area contributed by atoms with Crippen molar-refractivity contribution < 1.29 is 19.3 Å². The van der Waals surface area contributed by atoms with E-state index in [9.17, 15) is 9.60 Å². The number of rotatable bonds is 9. The Morgan fingerprint density at radius 2 is 2.08 bits per heavy atom. The van der Waals surface area contributed by atoms with Gasteiger partial charge in [-0.3, -0.25) is 0 Å². The number of halogens is 2. The lowest BCUT2D eigenvalue weighted by Gasteiger charge is -2.07. The summed E-state index contributed by atoms with van der Waals surface area (Å²) in [7, 11) is 0. The Morgan fingerprint density at radius 1 is 1.28 bits per heavy atom. The molecule has 0 atom stereocenters. The Bertz CT molecular complexity index is 714. The smallest absolute Gasteiger partial charge is 0.202 e. The Hall–Kier alpha value is -1.65. The molecule has 0 saturated heterocycles. The van der Waals surface area contributed by atoms with Gasteiger partial charge in [-0.1, -0.05) is 18.0 Å². The fraction of sp³-hybridized carbons (Fsp3) is 0.400. The normalized spacial score (nSPS) is 11.7. The van der Waals surface area contributed by atoms with Crippen molar-refractivity contribution in [2.24, 2.45) is 5.16 Å². The fourth-order valence-corrected chi connectivity index (χ4v) is 3.28. The monoisotopic (exact) mass is 432 g/mol. The number of unbranched alkanes of at least 4 members (excludes halogenated alkanes) is 3.